The molecule has 1 aliphatic rings. The second-order valence-electron chi connectivity index (χ2n) is 6.30. The number of alkyl halides is 3. The molecule has 0 saturated carbocycles. The molecule has 2 aromatic rings. The van der Waals surface area contributed by atoms with Gasteiger partial charge in [-0.1, -0.05) is 36.9 Å². The highest BCUT2D eigenvalue weighted by molar-refractivity contribution is 6.10. The average Bonchev–Trinajstić information content (AvgIpc) is 2.86. The first-order valence-corrected chi connectivity index (χ1v) is 8.25. The van der Waals surface area contributed by atoms with E-state index < -0.39 is 23.7 Å². The third kappa shape index (κ3) is 3.72. The smallest absolute Gasteiger partial charge is 0.348 e. The Morgan fingerprint density at radius 3 is 2.44 bits per heavy atom. The van der Waals surface area contributed by atoms with Gasteiger partial charge in [0.05, 0.1) is 11.6 Å². The summed E-state index contributed by atoms with van der Waals surface area (Å²) in [5, 5.41) is 2.63. The molecule has 140 valence electrons. The van der Waals surface area contributed by atoms with E-state index in [9.17, 15) is 22.8 Å². The maximum Gasteiger partial charge on any atom is 0.416 e. The zero-order valence-corrected chi connectivity index (χ0v) is 14.5. The Balaban J connectivity index is 1.68. The quantitative estimate of drug-likeness (QED) is 0.879. The second-order valence-corrected chi connectivity index (χ2v) is 6.30. The SMILES string of the molecule is C=C1c2ccccc2C(=O)N1CC(=O)NC(C)c1cccc(C(F)(F)F)c1. The van der Waals surface area contributed by atoms with Gasteiger partial charge in [-0.2, -0.15) is 13.2 Å². The van der Waals surface area contributed by atoms with E-state index in [1.165, 1.54) is 17.0 Å². The molecule has 0 radical (unpaired) electrons. The molecule has 4 nitrogen and oxygen atoms in total. The van der Waals surface area contributed by atoms with Crippen molar-refractivity contribution in [2.24, 2.45) is 0 Å². The summed E-state index contributed by atoms with van der Waals surface area (Å²) in [5.41, 5.74) is 1.12. The lowest BCUT2D eigenvalue weighted by Gasteiger charge is -2.20. The molecule has 0 saturated heterocycles. The van der Waals surface area contributed by atoms with Gasteiger partial charge in [0.15, 0.2) is 0 Å². The lowest BCUT2D eigenvalue weighted by molar-refractivity contribution is -0.137. The van der Waals surface area contributed by atoms with Gasteiger partial charge in [0.2, 0.25) is 5.91 Å². The van der Waals surface area contributed by atoms with E-state index in [4.69, 9.17) is 0 Å². The molecule has 1 aliphatic heterocycles. The highest BCUT2D eigenvalue weighted by Crippen LogP contribution is 2.32. The Labute approximate surface area is 154 Å². The number of hydrogen-bond donors (Lipinski definition) is 1. The monoisotopic (exact) mass is 374 g/mol. The number of hydrogen-bond acceptors (Lipinski definition) is 2. The molecule has 0 fully saturated rings. The summed E-state index contributed by atoms with van der Waals surface area (Å²) < 4.78 is 38.5. The number of rotatable bonds is 4. The minimum atomic E-state index is -4.45. The van der Waals surface area contributed by atoms with Crippen LogP contribution in [0, 0.1) is 0 Å². The van der Waals surface area contributed by atoms with Crippen LogP contribution in [0.3, 0.4) is 0 Å². The van der Waals surface area contributed by atoms with Gasteiger partial charge in [-0.05, 0) is 30.7 Å². The minimum absolute atomic E-state index is 0.254. The fourth-order valence-corrected chi connectivity index (χ4v) is 3.00. The molecule has 0 aliphatic carbocycles. The van der Waals surface area contributed by atoms with Crippen molar-refractivity contribution < 1.29 is 22.8 Å². The fraction of sp³-hybridized carbons (Fsp3) is 0.200. The van der Waals surface area contributed by atoms with Gasteiger partial charge in [0.1, 0.15) is 6.54 Å². The Kier molecular flexibility index (Phi) is 4.78. The van der Waals surface area contributed by atoms with Crippen molar-refractivity contribution in [2.75, 3.05) is 6.54 Å². The van der Waals surface area contributed by atoms with E-state index in [0.29, 0.717) is 22.4 Å². The molecular weight excluding hydrogens is 357 g/mol. The molecule has 27 heavy (non-hydrogen) atoms. The molecule has 1 atom stereocenters. The molecule has 0 bridgehead atoms. The summed E-state index contributed by atoms with van der Waals surface area (Å²) in [4.78, 5) is 26.0. The van der Waals surface area contributed by atoms with Crippen molar-refractivity contribution in [1.29, 1.82) is 0 Å². The van der Waals surface area contributed by atoms with Crippen LogP contribution in [0.15, 0.2) is 55.1 Å². The lowest BCUT2D eigenvalue weighted by Crippen LogP contribution is -2.38. The second kappa shape index (κ2) is 6.90. The third-order valence-corrected chi connectivity index (χ3v) is 4.43. The van der Waals surface area contributed by atoms with Gasteiger partial charge in [-0.25, -0.2) is 0 Å². The molecule has 3 rings (SSSR count). The van der Waals surface area contributed by atoms with Crippen molar-refractivity contribution in [3.05, 3.63) is 77.4 Å². The number of carbonyl (C=O) groups is 2. The van der Waals surface area contributed by atoms with Crippen molar-refractivity contribution in [3.63, 3.8) is 0 Å². The maximum atomic E-state index is 12.8. The van der Waals surface area contributed by atoms with Crippen LogP contribution in [-0.4, -0.2) is 23.3 Å². The highest BCUT2D eigenvalue weighted by atomic mass is 19.4. The minimum Gasteiger partial charge on any atom is -0.348 e. The summed E-state index contributed by atoms with van der Waals surface area (Å²) in [5.74, 6) is -0.806. The van der Waals surface area contributed by atoms with Gasteiger partial charge < -0.3 is 5.32 Å². The summed E-state index contributed by atoms with van der Waals surface area (Å²) in [6.45, 7) is 5.19. The number of nitrogens with one attached hydrogen (secondary N) is 1. The zero-order valence-electron chi connectivity index (χ0n) is 14.5. The van der Waals surface area contributed by atoms with Crippen LogP contribution in [0.4, 0.5) is 13.2 Å². The Morgan fingerprint density at radius 2 is 1.81 bits per heavy atom. The average molecular weight is 374 g/mol. The molecular formula is C20H17F3N2O2. The van der Waals surface area contributed by atoms with Crippen LogP contribution in [0.25, 0.3) is 5.70 Å². The number of amides is 2. The number of carbonyl (C=O) groups excluding carboxylic acids is 2. The van der Waals surface area contributed by atoms with E-state index in [1.54, 1.807) is 31.2 Å². The van der Waals surface area contributed by atoms with Gasteiger partial charge in [-0.15, -0.1) is 0 Å². The highest BCUT2D eigenvalue weighted by Gasteiger charge is 2.33. The first-order valence-electron chi connectivity index (χ1n) is 8.25. The zero-order chi connectivity index (χ0) is 19.8. The predicted octanol–water partition coefficient (Wildman–Crippen LogP) is 4.01. The number of benzene rings is 2. The van der Waals surface area contributed by atoms with Crippen molar-refractivity contribution in [3.8, 4) is 0 Å². The van der Waals surface area contributed by atoms with Crippen molar-refractivity contribution >= 4 is 17.5 Å². The van der Waals surface area contributed by atoms with Crippen LogP contribution in [0.5, 0.6) is 0 Å². The molecule has 2 aromatic carbocycles. The van der Waals surface area contributed by atoms with E-state index >= 15 is 0 Å². The van der Waals surface area contributed by atoms with Gasteiger partial charge in [-0.3, -0.25) is 14.5 Å². The predicted molar refractivity (Wildman–Crippen MR) is 94.5 cm³/mol. The molecule has 7 heteroatoms. The molecule has 1 unspecified atom stereocenters. The van der Waals surface area contributed by atoms with Gasteiger partial charge >= 0.3 is 6.18 Å². The standard InChI is InChI=1S/C20H17F3N2O2/c1-12(14-6-5-7-15(10-14)20(21,22)23)24-18(26)11-25-13(2)16-8-3-4-9-17(16)19(25)27/h3-10,12H,2,11H2,1H3,(H,24,26). The molecule has 1 heterocycles. The molecule has 0 aromatic heterocycles. The summed E-state index contributed by atoms with van der Waals surface area (Å²) in [6.07, 6.45) is -4.45. The van der Waals surface area contributed by atoms with Crippen LogP contribution >= 0.6 is 0 Å². The van der Waals surface area contributed by atoms with E-state index in [2.05, 4.69) is 11.9 Å². The maximum absolute atomic E-state index is 12.8. The summed E-state index contributed by atoms with van der Waals surface area (Å²) in [6, 6.07) is 11.0. The largest absolute Gasteiger partial charge is 0.416 e. The Hall–Kier alpha value is -3.09. The van der Waals surface area contributed by atoms with Crippen molar-refractivity contribution in [2.45, 2.75) is 19.1 Å². The topological polar surface area (TPSA) is 49.4 Å². The Morgan fingerprint density at radius 1 is 1.15 bits per heavy atom. The van der Waals surface area contributed by atoms with Crippen LogP contribution in [0.2, 0.25) is 0 Å². The lowest BCUT2D eigenvalue weighted by atomic mass is 10.0. The van der Waals surface area contributed by atoms with E-state index in [0.717, 1.165) is 12.1 Å². The number of halogens is 3. The molecule has 2 amide bonds. The van der Waals surface area contributed by atoms with E-state index in [-0.39, 0.29) is 12.5 Å². The van der Waals surface area contributed by atoms with Crippen molar-refractivity contribution in [1.82, 2.24) is 10.2 Å². The van der Waals surface area contributed by atoms with Gasteiger partial charge in [0.25, 0.3) is 5.91 Å². The molecule has 1 N–H and O–H groups in total. The van der Waals surface area contributed by atoms with Crippen LogP contribution in [-0.2, 0) is 11.0 Å². The third-order valence-electron chi connectivity index (χ3n) is 4.43. The number of fused-ring (bicyclic) bond motifs is 1. The number of nitrogens with zero attached hydrogens (tertiary/aromatic N) is 1. The van der Waals surface area contributed by atoms with Crippen LogP contribution in [0.1, 0.15) is 40.0 Å². The fourth-order valence-electron chi connectivity index (χ4n) is 3.00. The normalized spacial score (nSPS) is 14.9. The summed E-state index contributed by atoms with van der Waals surface area (Å²) >= 11 is 0. The first-order chi connectivity index (χ1) is 12.7. The van der Waals surface area contributed by atoms with Crippen LogP contribution < -0.4 is 5.32 Å². The first kappa shape index (κ1) is 18.7. The Bertz CT molecular complexity index is 886. The molecule has 0 spiro atoms. The summed E-state index contributed by atoms with van der Waals surface area (Å²) in [7, 11) is 0. The van der Waals surface area contributed by atoms with E-state index in [1.807, 2.05) is 0 Å². The van der Waals surface area contributed by atoms with Gasteiger partial charge in [0, 0.05) is 16.8 Å².